The number of aromatic nitrogens is 1. The van der Waals surface area contributed by atoms with Gasteiger partial charge in [0.25, 0.3) is 5.91 Å². The molecule has 0 aliphatic rings. The van der Waals surface area contributed by atoms with Gasteiger partial charge in [0.05, 0.1) is 10.6 Å². The fourth-order valence-corrected chi connectivity index (χ4v) is 2.49. The average molecular weight is 278 g/mol. The van der Waals surface area contributed by atoms with Crippen LogP contribution in [0.5, 0.6) is 0 Å². The largest absolute Gasteiger partial charge is 0.352 e. The predicted molar refractivity (Wildman–Crippen MR) is 74.0 cm³/mol. The molecule has 1 amide bonds. The summed E-state index contributed by atoms with van der Waals surface area (Å²) in [5.41, 5.74) is 1.55. The normalized spacial score (nSPS) is 10.5. The van der Waals surface area contributed by atoms with E-state index in [0.29, 0.717) is 18.5 Å². The number of aryl methyl sites for hydroxylation is 2. The van der Waals surface area contributed by atoms with Crippen LogP contribution in [0.3, 0.4) is 0 Å². The van der Waals surface area contributed by atoms with Gasteiger partial charge in [-0.15, -0.1) is 11.3 Å². The minimum Gasteiger partial charge on any atom is -0.352 e. The number of nitrogens with zero attached hydrogens (tertiary/aromatic N) is 1. The van der Waals surface area contributed by atoms with Gasteiger partial charge in [-0.3, -0.25) is 4.79 Å². The number of benzene rings is 1. The monoisotopic (exact) mass is 278 g/mol. The number of halogens is 1. The first-order chi connectivity index (χ1) is 9.08. The Labute approximate surface area is 115 Å². The number of rotatable bonds is 4. The minimum absolute atomic E-state index is 0.0929. The first-order valence-corrected chi connectivity index (χ1v) is 6.90. The van der Waals surface area contributed by atoms with E-state index in [-0.39, 0.29) is 11.5 Å². The lowest BCUT2D eigenvalue weighted by molar-refractivity contribution is 0.0950. The van der Waals surface area contributed by atoms with Gasteiger partial charge in [0.2, 0.25) is 0 Å². The van der Waals surface area contributed by atoms with Gasteiger partial charge < -0.3 is 5.32 Å². The van der Waals surface area contributed by atoms with Crippen LogP contribution >= 0.6 is 11.3 Å². The second-order valence-electron chi connectivity index (χ2n) is 4.32. The lowest BCUT2D eigenvalue weighted by atomic mass is 10.1. The molecule has 0 bridgehead atoms. The molecular formula is C14H15FN2OS. The van der Waals surface area contributed by atoms with Gasteiger partial charge in [-0.2, -0.15) is 0 Å². The molecule has 1 heterocycles. The molecule has 0 saturated carbocycles. The van der Waals surface area contributed by atoms with Crippen molar-refractivity contribution in [2.24, 2.45) is 0 Å². The number of carbonyl (C=O) groups excluding carboxylic acids is 1. The highest BCUT2D eigenvalue weighted by Crippen LogP contribution is 2.12. The van der Waals surface area contributed by atoms with Gasteiger partial charge >= 0.3 is 0 Å². The highest BCUT2D eigenvalue weighted by Gasteiger charge is 2.12. The Kier molecular flexibility index (Phi) is 4.27. The Balaban J connectivity index is 1.93. The van der Waals surface area contributed by atoms with E-state index >= 15 is 0 Å². The Bertz CT molecular complexity index is 595. The highest BCUT2D eigenvalue weighted by atomic mass is 32.1. The second kappa shape index (κ2) is 5.93. The number of carbonyl (C=O) groups is 1. The number of hydrogen-bond acceptors (Lipinski definition) is 3. The van der Waals surface area contributed by atoms with Crippen molar-refractivity contribution in [2.75, 3.05) is 6.54 Å². The smallest absolute Gasteiger partial charge is 0.254 e. The van der Waals surface area contributed by atoms with Crippen molar-refractivity contribution in [3.8, 4) is 0 Å². The molecule has 1 N–H and O–H groups in total. The predicted octanol–water partition coefficient (Wildman–Crippen LogP) is 2.87. The minimum atomic E-state index is -0.454. The first-order valence-electron chi connectivity index (χ1n) is 6.02. The molecule has 0 fully saturated rings. The van der Waals surface area contributed by atoms with Gasteiger partial charge in [-0.05, 0) is 25.5 Å². The molecule has 100 valence electrons. The zero-order valence-corrected chi connectivity index (χ0v) is 11.7. The van der Waals surface area contributed by atoms with E-state index in [9.17, 15) is 9.18 Å². The Morgan fingerprint density at radius 1 is 1.42 bits per heavy atom. The second-order valence-corrected chi connectivity index (χ2v) is 5.27. The van der Waals surface area contributed by atoms with Crippen LogP contribution in [-0.2, 0) is 6.42 Å². The lowest BCUT2D eigenvalue weighted by Crippen LogP contribution is -2.26. The summed E-state index contributed by atoms with van der Waals surface area (Å²) in [5, 5.41) is 5.66. The molecule has 0 aliphatic heterocycles. The molecule has 19 heavy (non-hydrogen) atoms. The fraction of sp³-hybridized carbons (Fsp3) is 0.286. The maximum absolute atomic E-state index is 13.7. The quantitative estimate of drug-likeness (QED) is 0.934. The summed E-state index contributed by atoms with van der Waals surface area (Å²) in [4.78, 5) is 16.2. The van der Waals surface area contributed by atoms with Crippen LogP contribution in [-0.4, -0.2) is 17.4 Å². The molecule has 2 aromatic rings. The third-order valence-electron chi connectivity index (χ3n) is 2.73. The van der Waals surface area contributed by atoms with Crippen molar-refractivity contribution in [3.05, 3.63) is 51.2 Å². The number of thiazole rings is 1. The molecule has 2 rings (SSSR count). The standard InChI is InChI=1S/C14H15FN2OS/c1-9-4-3-5-11(13(9)15)14(18)16-7-6-12-17-10(2)8-19-12/h3-5,8H,6-7H2,1-2H3,(H,16,18). The molecule has 1 aromatic heterocycles. The van der Waals surface area contributed by atoms with E-state index in [0.717, 1.165) is 10.7 Å². The summed E-state index contributed by atoms with van der Waals surface area (Å²) < 4.78 is 13.7. The van der Waals surface area contributed by atoms with E-state index in [1.54, 1.807) is 30.4 Å². The van der Waals surface area contributed by atoms with Crippen LogP contribution in [0.2, 0.25) is 0 Å². The number of nitrogens with one attached hydrogen (secondary N) is 1. The van der Waals surface area contributed by atoms with E-state index in [4.69, 9.17) is 0 Å². The van der Waals surface area contributed by atoms with Crippen molar-refractivity contribution >= 4 is 17.2 Å². The fourth-order valence-electron chi connectivity index (χ4n) is 1.72. The molecule has 0 saturated heterocycles. The Morgan fingerprint density at radius 3 is 2.89 bits per heavy atom. The first kappa shape index (κ1) is 13.7. The van der Waals surface area contributed by atoms with E-state index in [2.05, 4.69) is 10.3 Å². The van der Waals surface area contributed by atoms with Crippen LogP contribution in [0, 0.1) is 19.7 Å². The molecule has 5 heteroatoms. The van der Waals surface area contributed by atoms with Crippen LogP contribution in [0.15, 0.2) is 23.6 Å². The third kappa shape index (κ3) is 3.38. The van der Waals surface area contributed by atoms with Crippen LogP contribution in [0.1, 0.15) is 26.6 Å². The van der Waals surface area contributed by atoms with E-state index in [1.165, 1.54) is 6.07 Å². The SMILES string of the molecule is Cc1csc(CCNC(=O)c2cccc(C)c2F)n1. The summed E-state index contributed by atoms with van der Waals surface area (Å²) in [5.74, 6) is -0.834. The summed E-state index contributed by atoms with van der Waals surface area (Å²) >= 11 is 1.57. The summed E-state index contributed by atoms with van der Waals surface area (Å²) in [7, 11) is 0. The molecule has 0 atom stereocenters. The number of amides is 1. The highest BCUT2D eigenvalue weighted by molar-refractivity contribution is 7.09. The van der Waals surface area contributed by atoms with Gasteiger partial charge in [0.1, 0.15) is 5.82 Å². The lowest BCUT2D eigenvalue weighted by Gasteiger charge is -2.06. The van der Waals surface area contributed by atoms with Crippen molar-refractivity contribution in [1.29, 1.82) is 0 Å². The van der Waals surface area contributed by atoms with Gasteiger partial charge in [-0.25, -0.2) is 9.37 Å². The zero-order chi connectivity index (χ0) is 13.8. The summed E-state index contributed by atoms with van der Waals surface area (Å²) in [6, 6.07) is 4.81. The van der Waals surface area contributed by atoms with Crippen LogP contribution in [0.25, 0.3) is 0 Å². The van der Waals surface area contributed by atoms with E-state index in [1.807, 2.05) is 12.3 Å². The maximum Gasteiger partial charge on any atom is 0.254 e. The summed E-state index contributed by atoms with van der Waals surface area (Å²) in [6.45, 7) is 4.03. The molecule has 0 aliphatic carbocycles. The van der Waals surface area contributed by atoms with Crippen molar-refractivity contribution < 1.29 is 9.18 Å². The topological polar surface area (TPSA) is 42.0 Å². The van der Waals surface area contributed by atoms with Gasteiger partial charge in [0.15, 0.2) is 0 Å². The molecule has 1 aromatic carbocycles. The van der Waals surface area contributed by atoms with Crippen molar-refractivity contribution in [3.63, 3.8) is 0 Å². The molecule has 3 nitrogen and oxygen atoms in total. The van der Waals surface area contributed by atoms with Crippen molar-refractivity contribution in [2.45, 2.75) is 20.3 Å². The molecule has 0 spiro atoms. The summed E-state index contributed by atoms with van der Waals surface area (Å²) in [6.07, 6.45) is 0.664. The molecule has 0 unspecified atom stereocenters. The van der Waals surface area contributed by atoms with Crippen molar-refractivity contribution in [1.82, 2.24) is 10.3 Å². The maximum atomic E-state index is 13.7. The van der Waals surface area contributed by atoms with Crippen LogP contribution in [0.4, 0.5) is 4.39 Å². The average Bonchev–Trinajstić information content (AvgIpc) is 2.78. The van der Waals surface area contributed by atoms with E-state index < -0.39 is 5.82 Å². The van der Waals surface area contributed by atoms with Crippen LogP contribution < -0.4 is 5.32 Å². The molecule has 0 radical (unpaired) electrons. The van der Waals surface area contributed by atoms with Gasteiger partial charge in [0, 0.05) is 24.0 Å². The van der Waals surface area contributed by atoms with Gasteiger partial charge in [-0.1, -0.05) is 12.1 Å². The molecular weight excluding hydrogens is 263 g/mol. The zero-order valence-electron chi connectivity index (χ0n) is 10.9. The third-order valence-corrected chi connectivity index (χ3v) is 3.75. The number of hydrogen-bond donors (Lipinski definition) is 1. The Morgan fingerprint density at radius 2 is 2.21 bits per heavy atom. The Hall–Kier alpha value is -1.75.